The molecule has 1 aliphatic rings. The molecule has 9 heteroatoms. The SMILES string of the molecule is CCOc1cc(C(=O)N(Cc2nnc(-c3ccccc3Cl)o2)C2CC2)cc(OCC)c1OCC. The van der Waals surface area contributed by atoms with E-state index in [1.807, 2.05) is 39.0 Å². The van der Waals surface area contributed by atoms with Gasteiger partial charge in [-0.05, 0) is 57.9 Å². The summed E-state index contributed by atoms with van der Waals surface area (Å²) in [6.07, 6.45) is 1.84. The molecule has 8 nitrogen and oxygen atoms in total. The second-order valence-corrected chi connectivity index (χ2v) is 8.15. The minimum absolute atomic E-state index is 0.112. The lowest BCUT2D eigenvalue weighted by atomic mass is 10.1. The molecule has 0 N–H and O–H groups in total. The van der Waals surface area contributed by atoms with Crippen LogP contribution in [-0.2, 0) is 6.54 Å². The fourth-order valence-electron chi connectivity index (χ4n) is 3.64. The summed E-state index contributed by atoms with van der Waals surface area (Å²) in [5, 5.41) is 8.80. The molecule has 3 aromatic rings. The maximum absolute atomic E-state index is 13.6. The Hall–Kier alpha value is -3.26. The molecule has 34 heavy (non-hydrogen) atoms. The molecule has 1 amide bonds. The van der Waals surface area contributed by atoms with E-state index in [9.17, 15) is 4.79 Å². The van der Waals surface area contributed by atoms with Gasteiger partial charge in [0, 0.05) is 11.6 Å². The highest BCUT2D eigenvalue weighted by Gasteiger charge is 2.35. The fourth-order valence-corrected chi connectivity index (χ4v) is 3.85. The number of rotatable bonds is 11. The summed E-state index contributed by atoms with van der Waals surface area (Å²) in [5.41, 5.74) is 1.11. The summed E-state index contributed by atoms with van der Waals surface area (Å²) in [7, 11) is 0. The van der Waals surface area contributed by atoms with Gasteiger partial charge in [-0.3, -0.25) is 4.79 Å². The Morgan fingerprint density at radius 3 is 2.26 bits per heavy atom. The van der Waals surface area contributed by atoms with Crippen molar-refractivity contribution in [2.75, 3.05) is 19.8 Å². The van der Waals surface area contributed by atoms with Crippen molar-refractivity contribution >= 4 is 17.5 Å². The first-order chi connectivity index (χ1) is 16.5. The van der Waals surface area contributed by atoms with Gasteiger partial charge in [-0.2, -0.15) is 0 Å². The smallest absolute Gasteiger partial charge is 0.254 e. The van der Waals surface area contributed by atoms with Gasteiger partial charge in [0.15, 0.2) is 11.5 Å². The molecule has 0 bridgehead atoms. The molecule has 0 atom stereocenters. The van der Waals surface area contributed by atoms with Crippen LogP contribution in [0, 0.1) is 0 Å². The van der Waals surface area contributed by atoms with Gasteiger partial charge in [0.05, 0.1) is 37.0 Å². The quantitative estimate of drug-likeness (QED) is 0.359. The van der Waals surface area contributed by atoms with Gasteiger partial charge >= 0.3 is 0 Å². The first-order valence-electron chi connectivity index (χ1n) is 11.5. The second-order valence-electron chi connectivity index (χ2n) is 7.75. The minimum Gasteiger partial charge on any atom is -0.490 e. The van der Waals surface area contributed by atoms with E-state index in [1.54, 1.807) is 23.1 Å². The Bertz CT molecular complexity index is 1120. The summed E-state index contributed by atoms with van der Waals surface area (Å²) in [6, 6.07) is 10.8. The van der Waals surface area contributed by atoms with Crippen LogP contribution in [0.5, 0.6) is 17.2 Å². The van der Waals surface area contributed by atoms with Gasteiger partial charge in [0.2, 0.25) is 17.5 Å². The normalized spacial score (nSPS) is 12.9. The van der Waals surface area contributed by atoms with Crippen LogP contribution in [-0.4, -0.2) is 46.9 Å². The zero-order valence-corrected chi connectivity index (χ0v) is 20.3. The van der Waals surface area contributed by atoms with Crippen LogP contribution in [0.15, 0.2) is 40.8 Å². The predicted molar refractivity (Wildman–Crippen MR) is 128 cm³/mol. The van der Waals surface area contributed by atoms with Crippen molar-refractivity contribution in [3.8, 4) is 28.7 Å². The lowest BCUT2D eigenvalue weighted by Gasteiger charge is -2.22. The predicted octanol–water partition coefficient (Wildman–Crippen LogP) is 5.39. The molecule has 180 valence electrons. The minimum atomic E-state index is -0.162. The number of hydrogen-bond donors (Lipinski definition) is 0. The number of carbonyl (C=O) groups excluding carboxylic acids is 1. The number of carbonyl (C=O) groups is 1. The van der Waals surface area contributed by atoms with E-state index in [4.69, 9.17) is 30.2 Å². The third kappa shape index (κ3) is 5.28. The lowest BCUT2D eigenvalue weighted by Crippen LogP contribution is -2.32. The van der Waals surface area contributed by atoms with E-state index in [0.29, 0.717) is 65.0 Å². The lowest BCUT2D eigenvalue weighted by molar-refractivity contribution is 0.0713. The number of nitrogens with zero attached hydrogens (tertiary/aromatic N) is 3. The molecule has 0 radical (unpaired) electrons. The summed E-state index contributed by atoms with van der Waals surface area (Å²) in [4.78, 5) is 15.4. The van der Waals surface area contributed by atoms with E-state index in [1.165, 1.54) is 0 Å². The molecule has 0 saturated heterocycles. The number of hydrogen-bond acceptors (Lipinski definition) is 7. The molecule has 0 aliphatic heterocycles. The van der Waals surface area contributed by atoms with Crippen molar-refractivity contribution in [2.45, 2.75) is 46.2 Å². The molecule has 1 fully saturated rings. The largest absolute Gasteiger partial charge is 0.490 e. The van der Waals surface area contributed by atoms with Gasteiger partial charge in [0.25, 0.3) is 5.91 Å². The summed E-state index contributed by atoms with van der Waals surface area (Å²) < 4.78 is 23.2. The zero-order valence-electron chi connectivity index (χ0n) is 19.5. The van der Waals surface area contributed by atoms with Crippen molar-refractivity contribution in [3.63, 3.8) is 0 Å². The van der Waals surface area contributed by atoms with Crippen molar-refractivity contribution in [1.82, 2.24) is 15.1 Å². The fraction of sp³-hybridized carbons (Fsp3) is 0.400. The molecule has 2 aromatic carbocycles. The molecule has 1 saturated carbocycles. The molecule has 1 aromatic heterocycles. The highest BCUT2D eigenvalue weighted by Crippen LogP contribution is 2.40. The van der Waals surface area contributed by atoms with Crippen molar-refractivity contribution < 1.29 is 23.4 Å². The van der Waals surface area contributed by atoms with Crippen LogP contribution < -0.4 is 14.2 Å². The van der Waals surface area contributed by atoms with Crippen molar-refractivity contribution in [1.29, 1.82) is 0 Å². The average molecular weight is 486 g/mol. The maximum atomic E-state index is 13.6. The summed E-state index contributed by atoms with van der Waals surface area (Å²) >= 11 is 6.25. The molecular weight excluding hydrogens is 458 g/mol. The highest BCUT2D eigenvalue weighted by molar-refractivity contribution is 6.33. The second kappa shape index (κ2) is 10.8. The van der Waals surface area contributed by atoms with Crippen LogP contribution in [0.2, 0.25) is 5.02 Å². The first-order valence-corrected chi connectivity index (χ1v) is 11.9. The Morgan fingerprint density at radius 1 is 1.03 bits per heavy atom. The standard InChI is InChI=1S/C25H28ClN3O5/c1-4-31-20-13-16(14-21(32-5-2)23(20)33-6-3)25(30)29(17-11-12-17)15-22-27-28-24(34-22)18-9-7-8-10-19(18)26/h7-10,13-14,17H,4-6,11-12,15H2,1-3H3. The molecule has 1 aliphatic carbocycles. The van der Waals surface area contributed by atoms with Gasteiger partial charge < -0.3 is 23.5 Å². The van der Waals surface area contributed by atoms with Crippen LogP contribution >= 0.6 is 11.6 Å². The number of amides is 1. The first kappa shape index (κ1) is 23.9. The van der Waals surface area contributed by atoms with Gasteiger partial charge in [-0.15, -0.1) is 10.2 Å². The van der Waals surface area contributed by atoms with E-state index < -0.39 is 0 Å². The molecule has 4 rings (SSSR count). The Kier molecular flexibility index (Phi) is 7.57. The summed E-state index contributed by atoms with van der Waals surface area (Å²) in [5.74, 6) is 1.96. The van der Waals surface area contributed by atoms with E-state index in [0.717, 1.165) is 12.8 Å². The molecular formula is C25H28ClN3O5. The van der Waals surface area contributed by atoms with Crippen molar-refractivity contribution in [3.05, 3.63) is 52.9 Å². The topological polar surface area (TPSA) is 86.9 Å². The Balaban J connectivity index is 1.62. The van der Waals surface area contributed by atoms with Crippen LogP contribution in [0.1, 0.15) is 49.9 Å². The third-order valence-electron chi connectivity index (χ3n) is 5.28. The average Bonchev–Trinajstić information content (AvgIpc) is 3.57. The number of halogens is 1. The van der Waals surface area contributed by atoms with E-state index in [2.05, 4.69) is 10.2 Å². The van der Waals surface area contributed by atoms with Gasteiger partial charge in [-0.25, -0.2) is 0 Å². The van der Waals surface area contributed by atoms with Gasteiger partial charge in [-0.1, -0.05) is 23.7 Å². The Morgan fingerprint density at radius 2 is 1.68 bits per heavy atom. The molecule has 0 spiro atoms. The monoisotopic (exact) mass is 485 g/mol. The van der Waals surface area contributed by atoms with Crippen LogP contribution in [0.3, 0.4) is 0 Å². The maximum Gasteiger partial charge on any atom is 0.254 e. The van der Waals surface area contributed by atoms with Crippen molar-refractivity contribution in [2.24, 2.45) is 0 Å². The van der Waals surface area contributed by atoms with Crippen LogP contribution in [0.25, 0.3) is 11.5 Å². The number of aromatic nitrogens is 2. The summed E-state index contributed by atoms with van der Waals surface area (Å²) in [6.45, 7) is 7.17. The third-order valence-corrected chi connectivity index (χ3v) is 5.61. The molecule has 1 heterocycles. The zero-order chi connectivity index (χ0) is 24.1. The van der Waals surface area contributed by atoms with E-state index >= 15 is 0 Å². The Labute approximate surface area is 203 Å². The number of ether oxygens (including phenoxy) is 3. The van der Waals surface area contributed by atoms with Crippen LogP contribution in [0.4, 0.5) is 0 Å². The highest BCUT2D eigenvalue weighted by atomic mass is 35.5. The van der Waals surface area contributed by atoms with Gasteiger partial charge in [0.1, 0.15) is 0 Å². The number of benzene rings is 2. The molecule has 0 unspecified atom stereocenters. The van der Waals surface area contributed by atoms with E-state index in [-0.39, 0.29) is 18.5 Å².